The summed E-state index contributed by atoms with van der Waals surface area (Å²) in [6, 6.07) is 0. The van der Waals surface area contributed by atoms with E-state index in [4.69, 9.17) is 5.11 Å². The molecule has 1 rings (SSSR count). The van der Waals surface area contributed by atoms with E-state index >= 15 is 0 Å². The molecule has 1 aliphatic rings. The lowest BCUT2D eigenvalue weighted by Crippen LogP contribution is -2.45. The summed E-state index contributed by atoms with van der Waals surface area (Å²) in [6.45, 7) is 6.10. The minimum Gasteiger partial charge on any atom is -0.481 e. The Morgan fingerprint density at radius 3 is 2.71 bits per heavy atom. The van der Waals surface area contributed by atoms with Gasteiger partial charge in [-0.1, -0.05) is 6.92 Å². The highest BCUT2D eigenvalue weighted by molar-refractivity contribution is 5.80. The molecule has 2 N–H and O–H groups in total. The number of piperidine rings is 1. The van der Waals surface area contributed by atoms with Crippen LogP contribution in [0.25, 0.3) is 0 Å². The van der Waals surface area contributed by atoms with Gasteiger partial charge in [-0.2, -0.15) is 0 Å². The molecule has 0 aliphatic carbocycles. The molecule has 0 saturated carbocycles. The first kappa shape index (κ1) is 14.0. The lowest BCUT2D eigenvalue weighted by atomic mass is 9.97. The zero-order valence-corrected chi connectivity index (χ0v) is 10.6. The van der Waals surface area contributed by atoms with E-state index in [-0.39, 0.29) is 11.8 Å². The van der Waals surface area contributed by atoms with Crippen LogP contribution in [0.2, 0.25) is 0 Å². The third-order valence-corrected chi connectivity index (χ3v) is 3.26. The lowest BCUT2D eigenvalue weighted by Gasteiger charge is -2.29. The Bertz CT molecular complexity index is 275. The molecule has 0 spiro atoms. The number of amides is 1. The Kier molecular flexibility index (Phi) is 5.41. The minimum atomic E-state index is -0.849. The van der Waals surface area contributed by atoms with Crippen molar-refractivity contribution in [2.75, 3.05) is 26.2 Å². The number of carbonyl (C=O) groups excluding carboxylic acids is 1. The lowest BCUT2D eigenvalue weighted by molar-refractivity contribution is -0.144. The minimum absolute atomic E-state index is 0.0182. The summed E-state index contributed by atoms with van der Waals surface area (Å²) in [6.07, 6.45) is 1.92. The standard InChI is InChI=1S/C12H22N2O3/c1-3-14(8-9(2)12(16)17)11(15)10-5-4-6-13-7-10/h9-10,13H,3-8H2,1-2H3,(H,16,17)/t9?,10-/m0/s1. The van der Waals surface area contributed by atoms with Crippen molar-refractivity contribution in [2.24, 2.45) is 11.8 Å². The molecule has 98 valence electrons. The van der Waals surface area contributed by atoms with Gasteiger partial charge in [0.2, 0.25) is 5.91 Å². The Labute approximate surface area is 102 Å². The molecule has 17 heavy (non-hydrogen) atoms. The molecular formula is C12H22N2O3. The van der Waals surface area contributed by atoms with Gasteiger partial charge in [0, 0.05) is 19.6 Å². The maximum Gasteiger partial charge on any atom is 0.308 e. The molecule has 1 unspecified atom stereocenters. The number of aliphatic carboxylic acids is 1. The largest absolute Gasteiger partial charge is 0.481 e. The molecule has 5 nitrogen and oxygen atoms in total. The average molecular weight is 242 g/mol. The van der Waals surface area contributed by atoms with Gasteiger partial charge in [0.25, 0.3) is 0 Å². The molecule has 0 bridgehead atoms. The van der Waals surface area contributed by atoms with Gasteiger partial charge in [-0.25, -0.2) is 0 Å². The Hall–Kier alpha value is -1.10. The van der Waals surface area contributed by atoms with Crippen molar-refractivity contribution < 1.29 is 14.7 Å². The molecule has 1 heterocycles. The van der Waals surface area contributed by atoms with Crippen molar-refractivity contribution in [2.45, 2.75) is 26.7 Å². The summed E-state index contributed by atoms with van der Waals surface area (Å²) in [5.41, 5.74) is 0. The number of carboxylic acid groups (broad SMARTS) is 1. The molecule has 2 atom stereocenters. The fourth-order valence-corrected chi connectivity index (χ4v) is 2.10. The SMILES string of the molecule is CCN(CC(C)C(=O)O)C(=O)[C@H]1CCCNC1. The van der Waals surface area contributed by atoms with Crippen molar-refractivity contribution in [3.8, 4) is 0 Å². The second kappa shape index (κ2) is 6.59. The Morgan fingerprint density at radius 2 is 2.24 bits per heavy atom. The topological polar surface area (TPSA) is 69.6 Å². The predicted octanol–water partition coefficient (Wildman–Crippen LogP) is 0.555. The van der Waals surface area contributed by atoms with Crippen molar-refractivity contribution >= 4 is 11.9 Å². The Balaban J connectivity index is 2.53. The smallest absolute Gasteiger partial charge is 0.308 e. The average Bonchev–Trinajstić information content (AvgIpc) is 2.35. The summed E-state index contributed by atoms with van der Waals surface area (Å²) in [5.74, 6) is -1.24. The van der Waals surface area contributed by atoms with Crippen molar-refractivity contribution in [1.29, 1.82) is 0 Å². The van der Waals surface area contributed by atoms with Crippen LogP contribution in [0.4, 0.5) is 0 Å². The monoisotopic (exact) mass is 242 g/mol. The molecule has 5 heteroatoms. The van der Waals surface area contributed by atoms with E-state index in [1.165, 1.54) is 0 Å². The van der Waals surface area contributed by atoms with Gasteiger partial charge in [0.15, 0.2) is 0 Å². The van der Waals surface area contributed by atoms with E-state index in [1.807, 2.05) is 6.92 Å². The zero-order valence-electron chi connectivity index (χ0n) is 10.6. The van der Waals surface area contributed by atoms with Crippen LogP contribution in [0.3, 0.4) is 0 Å². The summed E-state index contributed by atoms with van der Waals surface area (Å²) in [7, 11) is 0. The molecule has 1 amide bonds. The summed E-state index contributed by atoms with van der Waals surface area (Å²) >= 11 is 0. The van der Waals surface area contributed by atoms with Crippen LogP contribution < -0.4 is 5.32 Å². The van der Waals surface area contributed by atoms with E-state index in [0.717, 1.165) is 25.9 Å². The van der Waals surface area contributed by atoms with Gasteiger partial charge in [0.1, 0.15) is 0 Å². The molecule has 0 radical (unpaired) electrons. The highest BCUT2D eigenvalue weighted by Crippen LogP contribution is 2.14. The van der Waals surface area contributed by atoms with Gasteiger partial charge in [-0.15, -0.1) is 0 Å². The molecule has 1 fully saturated rings. The van der Waals surface area contributed by atoms with Crippen LogP contribution in [-0.2, 0) is 9.59 Å². The second-order valence-electron chi connectivity index (χ2n) is 4.66. The molecule has 1 saturated heterocycles. The number of carboxylic acids is 1. The maximum absolute atomic E-state index is 12.2. The molecule has 0 aromatic rings. The number of nitrogens with zero attached hydrogens (tertiary/aromatic N) is 1. The molecule has 1 aliphatic heterocycles. The summed E-state index contributed by atoms with van der Waals surface area (Å²) in [4.78, 5) is 24.6. The van der Waals surface area contributed by atoms with Gasteiger partial charge >= 0.3 is 5.97 Å². The number of nitrogens with one attached hydrogen (secondary N) is 1. The van der Waals surface area contributed by atoms with Crippen LogP contribution in [0, 0.1) is 11.8 Å². The van der Waals surface area contributed by atoms with Crippen molar-refractivity contribution in [1.82, 2.24) is 10.2 Å². The van der Waals surface area contributed by atoms with Crippen LogP contribution in [0.1, 0.15) is 26.7 Å². The zero-order chi connectivity index (χ0) is 12.8. The van der Waals surface area contributed by atoms with Crippen molar-refractivity contribution in [3.05, 3.63) is 0 Å². The first-order valence-corrected chi connectivity index (χ1v) is 6.28. The summed E-state index contributed by atoms with van der Waals surface area (Å²) < 4.78 is 0. The van der Waals surface area contributed by atoms with E-state index in [0.29, 0.717) is 13.1 Å². The van der Waals surface area contributed by atoms with Crippen LogP contribution >= 0.6 is 0 Å². The van der Waals surface area contributed by atoms with Gasteiger partial charge < -0.3 is 15.3 Å². The van der Waals surface area contributed by atoms with Crippen LogP contribution in [0.5, 0.6) is 0 Å². The number of rotatable bonds is 5. The van der Waals surface area contributed by atoms with E-state index in [2.05, 4.69) is 5.32 Å². The number of hydrogen-bond acceptors (Lipinski definition) is 3. The van der Waals surface area contributed by atoms with E-state index < -0.39 is 11.9 Å². The Morgan fingerprint density at radius 1 is 1.53 bits per heavy atom. The molecular weight excluding hydrogens is 220 g/mol. The van der Waals surface area contributed by atoms with Gasteiger partial charge in [-0.3, -0.25) is 9.59 Å². The fourth-order valence-electron chi connectivity index (χ4n) is 2.10. The third kappa shape index (κ3) is 4.00. The highest BCUT2D eigenvalue weighted by Gasteiger charge is 2.27. The summed E-state index contributed by atoms with van der Waals surface area (Å²) in [5, 5.41) is 12.1. The second-order valence-corrected chi connectivity index (χ2v) is 4.66. The van der Waals surface area contributed by atoms with E-state index in [1.54, 1.807) is 11.8 Å². The fraction of sp³-hybridized carbons (Fsp3) is 0.833. The third-order valence-electron chi connectivity index (χ3n) is 3.26. The highest BCUT2D eigenvalue weighted by atomic mass is 16.4. The number of hydrogen-bond donors (Lipinski definition) is 2. The first-order valence-electron chi connectivity index (χ1n) is 6.28. The van der Waals surface area contributed by atoms with Crippen LogP contribution in [-0.4, -0.2) is 48.1 Å². The maximum atomic E-state index is 12.2. The van der Waals surface area contributed by atoms with Crippen LogP contribution in [0.15, 0.2) is 0 Å². The van der Waals surface area contributed by atoms with E-state index in [9.17, 15) is 9.59 Å². The first-order chi connectivity index (χ1) is 8.06. The predicted molar refractivity (Wildman–Crippen MR) is 64.6 cm³/mol. The van der Waals surface area contributed by atoms with Gasteiger partial charge in [0.05, 0.1) is 11.8 Å². The molecule has 0 aromatic carbocycles. The number of carbonyl (C=O) groups is 2. The van der Waals surface area contributed by atoms with Gasteiger partial charge in [-0.05, 0) is 26.3 Å². The van der Waals surface area contributed by atoms with Crippen molar-refractivity contribution in [3.63, 3.8) is 0 Å². The quantitative estimate of drug-likeness (QED) is 0.739. The molecule has 0 aromatic heterocycles. The normalized spacial score (nSPS) is 21.9.